The molecule has 1 aliphatic heterocycles. The standard InChI is InChI=1S/C26H32N2O3/c1-17(2)20-6-8-21(9-7-20)23(28-11-13-30-14-12-28)16-27-26(29)25-19(4)22-15-18(3)5-10-24(22)31-25/h5-10,15,17,23H,11-14,16H2,1-4H3,(H,27,29)/t23-/m1/s1. The molecule has 1 aliphatic rings. The van der Waals surface area contributed by atoms with E-state index in [1.54, 1.807) is 0 Å². The van der Waals surface area contributed by atoms with E-state index in [4.69, 9.17) is 9.15 Å². The lowest BCUT2D eigenvalue weighted by Gasteiger charge is -2.35. The van der Waals surface area contributed by atoms with Crippen LogP contribution in [0.1, 0.15) is 58.6 Å². The number of furan rings is 1. The number of nitrogens with one attached hydrogen (secondary N) is 1. The second kappa shape index (κ2) is 9.25. The van der Waals surface area contributed by atoms with Gasteiger partial charge in [-0.25, -0.2) is 0 Å². The van der Waals surface area contributed by atoms with Crippen molar-refractivity contribution in [1.29, 1.82) is 0 Å². The van der Waals surface area contributed by atoms with E-state index in [-0.39, 0.29) is 11.9 Å². The van der Waals surface area contributed by atoms with Crippen LogP contribution in [0.25, 0.3) is 11.0 Å². The first-order chi connectivity index (χ1) is 14.9. The average molecular weight is 421 g/mol. The van der Waals surface area contributed by atoms with E-state index >= 15 is 0 Å². The van der Waals surface area contributed by atoms with Crippen molar-refractivity contribution < 1.29 is 13.9 Å². The fourth-order valence-electron chi connectivity index (χ4n) is 4.27. The van der Waals surface area contributed by atoms with Crippen molar-refractivity contribution in [2.24, 2.45) is 0 Å². The van der Waals surface area contributed by atoms with Crippen molar-refractivity contribution in [2.75, 3.05) is 32.8 Å². The summed E-state index contributed by atoms with van der Waals surface area (Å²) in [5.74, 6) is 0.732. The fourth-order valence-corrected chi connectivity index (χ4v) is 4.27. The number of aryl methyl sites for hydroxylation is 2. The lowest BCUT2D eigenvalue weighted by molar-refractivity contribution is 0.0161. The van der Waals surface area contributed by atoms with Gasteiger partial charge < -0.3 is 14.5 Å². The summed E-state index contributed by atoms with van der Waals surface area (Å²) in [4.78, 5) is 15.4. The first kappa shape index (κ1) is 21.6. The van der Waals surface area contributed by atoms with Gasteiger partial charge in [0.25, 0.3) is 5.91 Å². The van der Waals surface area contributed by atoms with Crippen molar-refractivity contribution in [3.63, 3.8) is 0 Å². The van der Waals surface area contributed by atoms with Gasteiger partial charge in [-0.2, -0.15) is 0 Å². The normalized spacial score (nSPS) is 16.0. The lowest BCUT2D eigenvalue weighted by atomic mass is 9.98. The van der Waals surface area contributed by atoms with E-state index in [1.807, 2.05) is 26.0 Å². The molecule has 3 aromatic rings. The van der Waals surface area contributed by atoms with Crippen LogP contribution >= 0.6 is 0 Å². The van der Waals surface area contributed by atoms with Crippen molar-refractivity contribution in [3.05, 3.63) is 70.5 Å². The summed E-state index contributed by atoms with van der Waals surface area (Å²) >= 11 is 0. The monoisotopic (exact) mass is 420 g/mol. The van der Waals surface area contributed by atoms with Gasteiger partial charge in [0.1, 0.15) is 5.58 Å². The lowest BCUT2D eigenvalue weighted by Crippen LogP contribution is -2.43. The fraction of sp³-hybridized carbons (Fsp3) is 0.423. The topological polar surface area (TPSA) is 54.7 Å². The summed E-state index contributed by atoms with van der Waals surface area (Å²) in [5.41, 5.74) is 5.33. The molecule has 164 valence electrons. The number of ether oxygens (including phenoxy) is 1. The number of amides is 1. The Morgan fingerprint density at radius 2 is 1.71 bits per heavy atom. The third kappa shape index (κ3) is 4.68. The van der Waals surface area contributed by atoms with E-state index in [2.05, 4.69) is 54.4 Å². The Hall–Kier alpha value is -2.63. The number of benzene rings is 2. The van der Waals surface area contributed by atoms with Crippen LogP contribution in [0.2, 0.25) is 0 Å². The molecular weight excluding hydrogens is 388 g/mol. The predicted molar refractivity (Wildman–Crippen MR) is 124 cm³/mol. The number of rotatable bonds is 6. The first-order valence-corrected chi connectivity index (χ1v) is 11.1. The molecule has 1 atom stereocenters. The molecule has 5 nitrogen and oxygen atoms in total. The van der Waals surface area contributed by atoms with Crippen LogP contribution < -0.4 is 5.32 Å². The molecule has 31 heavy (non-hydrogen) atoms. The molecule has 1 fully saturated rings. The number of morpholine rings is 1. The highest BCUT2D eigenvalue weighted by Gasteiger charge is 2.25. The number of carbonyl (C=O) groups is 1. The van der Waals surface area contributed by atoms with Crippen LogP contribution in [0.4, 0.5) is 0 Å². The van der Waals surface area contributed by atoms with E-state index in [9.17, 15) is 4.79 Å². The van der Waals surface area contributed by atoms with Crippen molar-refractivity contribution >= 4 is 16.9 Å². The highest BCUT2D eigenvalue weighted by atomic mass is 16.5. The molecule has 0 radical (unpaired) electrons. The zero-order chi connectivity index (χ0) is 22.0. The van der Waals surface area contributed by atoms with E-state index in [0.29, 0.717) is 18.2 Å². The first-order valence-electron chi connectivity index (χ1n) is 11.1. The molecule has 1 amide bonds. The van der Waals surface area contributed by atoms with Crippen LogP contribution in [-0.2, 0) is 4.74 Å². The van der Waals surface area contributed by atoms with Gasteiger partial charge >= 0.3 is 0 Å². The number of hydrogen-bond acceptors (Lipinski definition) is 4. The molecule has 0 saturated carbocycles. The summed E-state index contributed by atoms with van der Waals surface area (Å²) in [7, 11) is 0. The zero-order valence-electron chi connectivity index (χ0n) is 18.9. The van der Waals surface area contributed by atoms with Crippen LogP contribution in [0.15, 0.2) is 46.9 Å². The molecule has 2 heterocycles. The third-order valence-electron chi connectivity index (χ3n) is 6.23. The molecule has 0 unspecified atom stereocenters. The Morgan fingerprint density at radius 1 is 1.03 bits per heavy atom. The maximum Gasteiger partial charge on any atom is 0.287 e. The average Bonchev–Trinajstić information content (AvgIpc) is 3.11. The van der Waals surface area contributed by atoms with E-state index in [1.165, 1.54) is 11.1 Å². The Kier molecular flexibility index (Phi) is 6.44. The van der Waals surface area contributed by atoms with Gasteiger partial charge in [0, 0.05) is 30.6 Å². The second-order valence-electron chi connectivity index (χ2n) is 8.75. The quantitative estimate of drug-likeness (QED) is 0.611. The van der Waals surface area contributed by atoms with E-state index in [0.717, 1.165) is 48.4 Å². The highest BCUT2D eigenvalue weighted by molar-refractivity contribution is 5.99. The number of hydrogen-bond donors (Lipinski definition) is 1. The van der Waals surface area contributed by atoms with Crippen LogP contribution in [0, 0.1) is 13.8 Å². The van der Waals surface area contributed by atoms with Gasteiger partial charge in [-0.05, 0) is 43.0 Å². The molecule has 0 spiro atoms. The Bertz CT molecular complexity index is 1050. The Labute approximate surface area is 184 Å². The van der Waals surface area contributed by atoms with Crippen molar-refractivity contribution in [3.8, 4) is 0 Å². The number of nitrogens with zero attached hydrogens (tertiary/aromatic N) is 1. The number of carbonyl (C=O) groups excluding carboxylic acids is 1. The van der Waals surface area contributed by atoms with Gasteiger partial charge in [0.05, 0.1) is 19.3 Å². The summed E-state index contributed by atoms with van der Waals surface area (Å²) in [6.07, 6.45) is 0. The molecule has 1 saturated heterocycles. The van der Waals surface area contributed by atoms with Crippen molar-refractivity contribution in [2.45, 2.75) is 39.7 Å². The molecule has 2 aromatic carbocycles. The SMILES string of the molecule is Cc1ccc2oc(C(=O)NC[C@H](c3ccc(C(C)C)cc3)N3CCOCC3)c(C)c2c1. The Morgan fingerprint density at radius 3 is 2.39 bits per heavy atom. The van der Waals surface area contributed by atoms with Crippen molar-refractivity contribution in [1.82, 2.24) is 10.2 Å². The maximum absolute atomic E-state index is 13.0. The molecule has 1 aromatic heterocycles. The molecule has 1 N–H and O–H groups in total. The molecule has 4 rings (SSSR count). The smallest absolute Gasteiger partial charge is 0.287 e. The third-order valence-corrected chi connectivity index (χ3v) is 6.23. The summed E-state index contributed by atoms with van der Waals surface area (Å²) in [5, 5.41) is 4.13. The van der Waals surface area contributed by atoms with Gasteiger partial charge in [0.15, 0.2) is 5.76 Å². The second-order valence-corrected chi connectivity index (χ2v) is 8.75. The molecule has 0 bridgehead atoms. The largest absolute Gasteiger partial charge is 0.451 e. The molecule has 0 aliphatic carbocycles. The van der Waals surface area contributed by atoms with E-state index < -0.39 is 0 Å². The maximum atomic E-state index is 13.0. The van der Waals surface area contributed by atoms with Gasteiger partial charge in [-0.15, -0.1) is 0 Å². The Balaban J connectivity index is 1.54. The van der Waals surface area contributed by atoms with Gasteiger partial charge in [-0.3, -0.25) is 9.69 Å². The minimum absolute atomic E-state index is 0.0981. The van der Waals surface area contributed by atoms with Crippen LogP contribution in [-0.4, -0.2) is 43.7 Å². The summed E-state index contributed by atoms with van der Waals surface area (Å²) in [6, 6.07) is 14.9. The van der Waals surface area contributed by atoms with Crippen LogP contribution in [0.3, 0.4) is 0 Å². The highest BCUT2D eigenvalue weighted by Crippen LogP contribution is 2.27. The molecular formula is C26H32N2O3. The van der Waals surface area contributed by atoms with Gasteiger partial charge in [-0.1, -0.05) is 49.7 Å². The van der Waals surface area contributed by atoms with Gasteiger partial charge in [0.2, 0.25) is 0 Å². The summed E-state index contributed by atoms with van der Waals surface area (Å²) < 4.78 is 11.4. The number of fused-ring (bicyclic) bond motifs is 1. The summed E-state index contributed by atoms with van der Waals surface area (Å²) in [6.45, 7) is 12.1. The molecule has 5 heteroatoms. The predicted octanol–water partition coefficient (Wildman–Crippen LogP) is 4.98. The minimum atomic E-state index is -0.164. The van der Waals surface area contributed by atoms with Crippen LogP contribution in [0.5, 0.6) is 0 Å². The zero-order valence-corrected chi connectivity index (χ0v) is 18.9. The minimum Gasteiger partial charge on any atom is -0.451 e.